The highest BCUT2D eigenvalue weighted by Gasteiger charge is 2.14. The van der Waals surface area contributed by atoms with Crippen LogP contribution in [0.25, 0.3) is 0 Å². The Balaban J connectivity index is 2.18. The second-order valence-electron chi connectivity index (χ2n) is 4.03. The minimum absolute atomic E-state index is 0.280. The van der Waals surface area contributed by atoms with Crippen LogP contribution in [-0.2, 0) is 0 Å². The molecule has 1 amide bonds. The van der Waals surface area contributed by atoms with Crippen LogP contribution in [0.4, 0.5) is 10.1 Å². The van der Waals surface area contributed by atoms with Crippen molar-refractivity contribution in [3.8, 4) is 0 Å². The molecule has 0 fully saturated rings. The monoisotopic (exact) mass is 261 g/mol. The number of amides is 1. The molecule has 0 aliphatic carbocycles. The quantitative estimate of drug-likeness (QED) is 0.855. The van der Waals surface area contributed by atoms with Gasteiger partial charge < -0.3 is 5.32 Å². The van der Waals surface area contributed by atoms with Crippen molar-refractivity contribution in [2.75, 3.05) is 12.4 Å². The first kappa shape index (κ1) is 13.0. The second kappa shape index (κ2) is 5.48. The number of anilines is 1. The Labute approximate surface area is 110 Å². The van der Waals surface area contributed by atoms with Gasteiger partial charge in [0.1, 0.15) is 18.5 Å². The second-order valence-corrected chi connectivity index (χ2v) is 4.03. The van der Waals surface area contributed by atoms with Gasteiger partial charge in [-0.15, -0.1) is 0 Å². The summed E-state index contributed by atoms with van der Waals surface area (Å²) in [6, 6.07) is 9.07. The van der Waals surface area contributed by atoms with Crippen molar-refractivity contribution < 1.29 is 18.8 Å². The van der Waals surface area contributed by atoms with E-state index in [1.165, 1.54) is 36.1 Å². The molecule has 0 saturated heterocycles. The van der Waals surface area contributed by atoms with Crippen LogP contribution in [0.3, 0.4) is 0 Å². The van der Waals surface area contributed by atoms with E-state index < -0.39 is 0 Å². The molecular weight excluding hydrogens is 247 g/mol. The molecule has 0 atom stereocenters. The summed E-state index contributed by atoms with van der Waals surface area (Å²) in [4.78, 5) is 17.1. The summed E-state index contributed by atoms with van der Waals surface area (Å²) < 4.78 is 14.3. The first-order valence-electron chi connectivity index (χ1n) is 5.74. The number of halogens is 1. The zero-order chi connectivity index (χ0) is 13.8. The number of benzene rings is 1. The molecule has 0 spiro atoms. The number of nitrogens with one attached hydrogen (secondary N) is 1. The van der Waals surface area contributed by atoms with Crippen molar-refractivity contribution in [1.82, 2.24) is 0 Å². The fraction of sp³-hybridized carbons (Fsp3) is 0.143. The Morgan fingerprint density at radius 2 is 1.89 bits per heavy atom. The smallest absolute Gasteiger partial charge is 0.261 e. The van der Waals surface area contributed by atoms with Crippen LogP contribution in [0, 0.1) is 12.7 Å². The number of hydrogen-bond acceptors (Lipinski definition) is 2. The van der Waals surface area contributed by atoms with Gasteiger partial charge in [0, 0.05) is 23.4 Å². The van der Waals surface area contributed by atoms with E-state index in [1.807, 2.05) is 6.92 Å². The average Bonchev–Trinajstić information content (AvgIpc) is 2.42. The summed E-state index contributed by atoms with van der Waals surface area (Å²) in [6.45, 7) is 1.87. The van der Waals surface area contributed by atoms with Gasteiger partial charge >= 0.3 is 0 Å². The van der Waals surface area contributed by atoms with Crippen molar-refractivity contribution in [2.45, 2.75) is 6.92 Å². The zero-order valence-corrected chi connectivity index (χ0v) is 10.7. The largest absolute Gasteiger partial charge is 0.322 e. The van der Waals surface area contributed by atoms with Gasteiger partial charge in [-0.25, -0.2) is 4.39 Å². The molecule has 4 nitrogen and oxygen atoms in total. The summed E-state index contributed by atoms with van der Waals surface area (Å²) in [5.41, 5.74) is 1.87. The average molecular weight is 261 g/mol. The predicted molar refractivity (Wildman–Crippen MR) is 68.2 cm³/mol. The topological polar surface area (TPSA) is 42.2 Å². The van der Waals surface area contributed by atoms with Crippen LogP contribution >= 0.6 is 0 Å². The van der Waals surface area contributed by atoms with Crippen LogP contribution in [0.2, 0.25) is 0 Å². The normalized spacial score (nSPS) is 10.1. The van der Waals surface area contributed by atoms with Crippen LogP contribution < -0.4 is 14.9 Å². The van der Waals surface area contributed by atoms with Gasteiger partial charge in [-0.3, -0.25) is 9.63 Å². The molecule has 1 heterocycles. The van der Waals surface area contributed by atoms with Gasteiger partial charge in [0.15, 0.2) is 0 Å². The van der Waals surface area contributed by atoms with Gasteiger partial charge in [0.2, 0.25) is 11.9 Å². The minimum atomic E-state index is -0.342. The lowest BCUT2D eigenvalue weighted by Crippen LogP contribution is -2.44. The van der Waals surface area contributed by atoms with Gasteiger partial charge in [-0.05, 0) is 30.3 Å². The lowest BCUT2D eigenvalue weighted by molar-refractivity contribution is -0.889. The molecule has 2 aromatic rings. The van der Waals surface area contributed by atoms with Gasteiger partial charge in [-0.1, -0.05) is 0 Å². The molecule has 2 rings (SSSR count). The van der Waals surface area contributed by atoms with Crippen LogP contribution in [0.15, 0.2) is 42.6 Å². The van der Waals surface area contributed by atoms with Crippen molar-refractivity contribution in [3.05, 3.63) is 59.7 Å². The van der Waals surface area contributed by atoms with E-state index in [2.05, 4.69) is 5.32 Å². The standard InChI is InChI=1S/C14H13FN2O2/c1-10-3-4-11(9-17(10)19-2)14(18)16-13-7-5-12(15)6-8-13/h3-9H,1-2H3/p+1. The summed E-state index contributed by atoms with van der Waals surface area (Å²) in [7, 11) is 1.52. The Hall–Kier alpha value is -2.43. The van der Waals surface area contributed by atoms with Gasteiger partial charge in [0.05, 0.1) is 0 Å². The predicted octanol–water partition coefficient (Wildman–Crippen LogP) is 1.73. The van der Waals surface area contributed by atoms with E-state index in [9.17, 15) is 9.18 Å². The third-order valence-corrected chi connectivity index (χ3v) is 2.67. The van der Waals surface area contributed by atoms with Gasteiger partial charge in [-0.2, -0.15) is 0 Å². The number of aryl methyl sites for hydroxylation is 1. The number of carbonyl (C=O) groups excluding carboxylic acids is 1. The summed E-state index contributed by atoms with van der Waals surface area (Å²) in [5, 5.41) is 2.68. The number of nitrogens with zero attached hydrogens (tertiary/aromatic N) is 1. The van der Waals surface area contributed by atoms with E-state index >= 15 is 0 Å². The van der Waals surface area contributed by atoms with Crippen molar-refractivity contribution in [3.63, 3.8) is 0 Å². The summed E-state index contributed by atoms with van der Waals surface area (Å²) in [6.07, 6.45) is 1.59. The maximum Gasteiger partial charge on any atom is 0.261 e. The van der Waals surface area contributed by atoms with Crippen LogP contribution in [-0.4, -0.2) is 13.0 Å². The molecule has 1 aromatic carbocycles. The molecule has 0 bridgehead atoms. The zero-order valence-electron chi connectivity index (χ0n) is 10.7. The van der Waals surface area contributed by atoms with E-state index in [0.29, 0.717) is 11.3 Å². The van der Waals surface area contributed by atoms with Crippen LogP contribution in [0.5, 0.6) is 0 Å². The molecule has 1 N–H and O–H groups in total. The molecule has 0 unspecified atom stereocenters. The SMILES string of the molecule is CO[n+]1cc(C(=O)Nc2ccc(F)cc2)ccc1C. The van der Waals surface area contributed by atoms with E-state index in [0.717, 1.165) is 5.69 Å². The highest BCUT2D eigenvalue weighted by molar-refractivity contribution is 6.03. The highest BCUT2D eigenvalue weighted by atomic mass is 19.1. The molecule has 19 heavy (non-hydrogen) atoms. The lowest BCUT2D eigenvalue weighted by Gasteiger charge is -2.04. The maximum absolute atomic E-state index is 12.8. The van der Waals surface area contributed by atoms with Crippen molar-refractivity contribution >= 4 is 11.6 Å². The fourth-order valence-corrected chi connectivity index (χ4v) is 1.62. The molecular formula is C14H14FN2O2+. The van der Waals surface area contributed by atoms with E-state index in [4.69, 9.17) is 4.84 Å². The van der Waals surface area contributed by atoms with Gasteiger partial charge in [0.25, 0.3) is 5.91 Å². The number of carbonyl (C=O) groups is 1. The molecule has 0 radical (unpaired) electrons. The van der Waals surface area contributed by atoms with E-state index in [-0.39, 0.29) is 11.7 Å². The Morgan fingerprint density at radius 3 is 2.53 bits per heavy atom. The Bertz CT molecular complexity index is 597. The first-order chi connectivity index (χ1) is 9.10. The highest BCUT2D eigenvalue weighted by Crippen LogP contribution is 2.10. The first-order valence-corrected chi connectivity index (χ1v) is 5.74. The Kier molecular flexibility index (Phi) is 3.75. The number of rotatable bonds is 3. The van der Waals surface area contributed by atoms with Crippen molar-refractivity contribution in [2.24, 2.45) is 0 Å². The molecule has 0 aliphatic rings. The minimum Gasteiger partial charge on any atom is -0.322 e. The summed E-state index contributed by atoms with van der Waals surface area (Å²) in [5.74, 6) is -0.622. The summed E-state index contributed by atoms with van der Waals surface area (Å²) >= 11 is 0. The maximum atomic E-state index is 12.8. The van der Waals surface area contributed by atoms with Crippen LogP contribution in [0.1, 0.15) is 16.1 Å². The number of hydrogen-bond donors (Lipinski definition) is 1. The third kappa shape index (κ3) is 3.07. The molecule has 0 aliphatic heterocycles. The fourth-order valence-electron chi connectivity index (χ4n) is 1.62. The molecule has 98 valence electrons. The van der Waals surface area contributed by atoms with Crippen molar-refractivity contribution in [1.29, 1.82) is 0 Å². The number of pyridine rings is 1. The molecule has 1 aromatic heterocycles. The number of aromatic nitrogens is 1. The third-order valence-electron chi connectivity index (χ3n) is 2.67. The lowest BCUT2D eigenvalue weighted by atomic mass is 10.2. The molecule has 5 heteroatoms. The van der Waals surface area contributed by atoms with E-state index in [1.54, 1.807) is 18.3 Å². The molecule has 0 saturated carbocycles. The Morgan fingerprint density at radius 1 is 1.21 bits per heavy atom.